The molecule has 4 heterocycles. The molecule has 4 aliphatic rings. The van der Waals surface area contributed by atoms with Crippen molar-refractivity contribution in [2.24, 2.45) is 4.99 Å². The van der Waals surface area contributed by atoms with Gasteiger partial charge < -0.3 is 25.8 Å². The highest BCUT2D eigenvalue weighted by Gasteiger charge is 2.45. The average molecular weight is 795 g/mol. The Labute approximate surface area is 326 Å². The van der Waals surface area contributed by atoms with Gasteiger partial charge in [0.25, 0.3) is 18.2 Å². The Morgan fingerprint density at radius 3 is 2.41 bits per heavy atom. The highest BCUT2D eigenvalue weighted by molar-refractivity contribution is 6.31. The van der Waals surface area contributed by atoms with Gasteiger partial charge in [0, 0.05) is 55.9 Å². The van der Waals surface area contributed by atoms with E-state index in [2.05, 4.69) is 26.3 Å². The molecule has 3 aromatic carbocycles. The molecule has 1 unspecified atom stereocenters. The summed E-state index contributed by atoms with van der Waals surface area (Å²) in [6.45, 7) is 2.38. The lowest BCUT2D eigenvalue weighted by atomic mass is 10.0. The number of anilines is 4. The second-order valence-electron chi connectivity index (χ2n) is 13.6. The number of carbonyl (C=O) groups is 5. The first-order valence-electron chi connectivity index (χ1n) is 18.5. The van der Waals surface area contributed by atoms with Crippen molar-refractivity contribution in [3.63, 3.8) is 0 Å². The number of amidine groups is 1. The molecule has 296 valence electrons. The Kier molecular flexibility index (Phi) is 12.8. The first-order chi connectivity index (χ1) is 27.0. The van der Waals surface area contributed by atoms with Gasteiger partial charge in [-0.2, -0.15) is 0 Å². The number of nitrogens with zero attached hydrogens (tertiary/aromatic N) is 4. The Hall–Kier alpha value is -5.64. The van der Waals surface area contributed by atoms with Crippen LogP contribution >= 0.6 is 11.6 Å². The van der Waals surface area contributed by atoms with Crippen molar-refractivity contribution in [2.45, 2.75) is 57.4 Å². The fraction of sp³-hybridized carbons (Fsp3) is 0.385. The highest BCUT2D eigenvalue weighted by Crippen LogP contribution is 2.40. The SMILES string of the molecule is CN=C1Nc2cc(F)ccc2N(CC(F)F)c2ccc(Cl)cc21.O=C1CCC(N2C(=O)c3cccc(NCCCCCNC(=O)N4CCCC4)c3C2=O)C(=O)N1. The minimum Gasteiger partial charge on any atom is -0.384 e. The molecule has 17 heteroatoms. The zero-order valence-electron chi connectivity index (χ0n) is 30.7. The standard InChI is InChI=1S/C23H29N5O5.C16H13ClF3N3/c29-18-10-9-17(20(30)26-18)28-21(31)15-7-6-8-16(19(15)22(28)32)24-11-2-1-3-12-25-23(33)27-13-4-5-14-27;1-21-16-11-6-9(17)2-4-13(11)23(8-15(19)20)14-5-3-10(18)7-12(14)22-16/h6-8,17,24H,1-5,9-14H2,(H,25,33)(H,26,29,30);2-7,15H,8H2,1H3,(H,21,22). The van der Waals surface area contributed by atoms with Gasteiger partial charge >= 0.3 is 6.03 Å². The number of hydrogen-bond acceptors (Lipinski definition) is 8. The molecule has 0 radical (unpaired) electrons. The molecular formula is C39H42ClF3N8O5. The van der Waals surface area contributed by atoms with E-state index in [-0.39, 0.29) is 30.0 Å². The molecule has 13 nitrogen and oxygen atoms in total. The summed E-state index contributed by atoms with van der Waals surface area (Å²) in [5, 5.41) is 11.8. The molecule has 0 spiro atoms. The van der Waals surface area contributed by atoms with E-state index in [0.717, 1.165) is 50.1 Å². The van der Waals surface area contributed by atoms with Gasteiger partial charge in [-0.25, -0.2) is 18.0 Å². The van der Waals surface area contributed by atoms with Gasteiger partial charge in [0.1, 0.15) is 17.7 Å². The number of fused-ring (bicyclic) bond motifs is 3. The number of imide groups is 2. The molecule has 2 saturated heterocycles. The number of amides is 6. The molecule has 6 amide bonds. The Morgan fingerprint density at radius 2 is 1.68 bits per heavy atom. The van der Waals surface area contributed by atoms with Crippen molar-refractivity contribution < 1.29 is 37.1 Å². The lowest BCUT2D eigenvalue weighted by Crippen LogP contribution is -2.54. The normalized spacial score (nSPS) is 18.1. The molecule has 0 aliphatic carbocycles. The van der Waals surface area contributed by atoms with E-state index in [9.17, 15) is 37.1 Å². The summed E-state index contributed by atoms with van der Waals surface area (Å²) in [6, 6.07) is 13.0. The number of piperidine rings is 1. The number of hydrogen-bond donors (Lipinski definition) is 4. The summed E-state index contributed by atoms with van der Waals surface area (Å²) in [5.74, 6) is -2.07. The topological polar surface area (TPSA) is 156 Å². The smallest absolute Gasteiger partial charge is 0.317 e. The molecular weight excluding hydrogens is 753 g/mol. The van der Waals surface area contributed by atoms with Crippen LogP contribution in [0, 0.1) is 5.82 Å². The summed E-state index contributed by atoms with van der Waals surface area (Å²) in [7, 11) is 1.56. The summed E-state index contributed by atoms with van der Waals surface area (Å²) in [4.78, 5) is 69.9. The van der Waals surface area contributed by atoms with Gasteiger partial charge in [-0.05, 0) is 87.1 Å². The molecule has 7 rings (SSSR count). The van der Waals surface area contributed by atoms with Gasteiger partial charge in [-0.3, -0.25) is 34.4 Å². The fourth-order valence-corrected chi connectivity index (χ4v) is 7.32. The largest absolute Gasteiger partial charge is 0.384 e. The maximum absolute atomic E-state index is 13.6. The number of urea groups is 1. The molecule has 1 atom stereocenters. The molecule has 4 N–H and O–H groups in total. The van der Waals surface area contributed by atoms with Crippen LogP contribution in [0.4, 0.5) is 40.7 Å². The Bertz CT molecular complexity index is 2040. The summed E-state index contributed by atoms with van der Waals surface area (Å²) < 4.78 is 39.7. The van der Waals surface area contributed by atoms with Crippen LogP contribution in [-0.4, -0.2) is 97.5 Å². The Balaban J connectivity index is 0.000000202. The van der Waals surface area contributed by atoms with Gasteiger partial charge in [0.05, 0.1) is 34.7 Å². The van der Waals surface area contributed by atoms with Crippen molar-refractivity contribution >= 4 is 69.8 Å². The van der Waals surface area contributed by atoms with E-state index >= 15 is 0 Å². The molecule has 0 aromatic heterocycles. The first kappa shape index (κ1) is 40.0. The van der Waals surface area contributed by atoms with Crippen molar-refractivity contribution in [1.82, 2.24) is 20.4 Å². The van der Waals surface area contributed by atoms with E-state index in [4.69, 9.17) is 11.6 Å². The second kappa shape index (κ2) is 17.9. The lowest BCUT2D eigenvalue weighted by molar-refractivity contribution is -0.136. The van der Waals surface area contributed by atoms with Gasteiger partial charge in [0.2, 0.25) is 11.8 Å². The third-order valence-electron chi connectivity index (χ3n) is 9.86. The van der Waals surface area contributed by atoms with E-state index in [1.807, 2.05) is 4.90 Å². The van der Waals surface area contributed by atoms with E-state index in [1.165, 1.54) is 23.1 Å². The van der Waals surface area contributed by atoms with E-state index in [0.29, 0.717) is 52.3 Å². The zero-order chi connectivity index (χ0) is 39.9. The number of carbonyl (C=O) groups excluding carboxylic acids is 5. The highest BCUT2D eigenvalue weighted by atomic mass is 35.5. The molecule has 0 saturated carbocycles. The first-order valence-corrected chi connectivity index (χ1v) is 18.8. The fourth-order valence-electron chi connectivity index (χ4n) is 7.15. The molecule has 56 heavy (non-hydrogen) atoms. The Morgan fingerprint density at radius 1 is 0.929 bits per heavy atom. The summed E-state index contributed by atoms with van der Waals surface area (Å²) >= 11 is 6.03. The average Bonchev–Trinajstić information content (AvgIpc) is 3.77. The number of likely N-dealkylation sites (tertiary alicyclic amines) is 1. The van der Waals surface area contributed by atoms with Crippen molar-refractivity contribution in [1.29, 1.82) is 0 Å². The van der Waals surface area contributed by atoms with Crippen LogP contribution in [0.3, 0.4) is 0 Å². The zero-order valence-corrected chi connectivity index (χ0v) is 31.4. The van der Waals surface area contributed by atoms with Crippen LogP contribution in [0.5, 0.6) is 0 Å². The molecule has 0 bridgehead atoms. The second-order valence-corrected chi connectivity index (χ2v) is 14.0. The number of unbranched alkanes of at least 4 members (excludes halogenated alkanes) is 2. The molecule has 2 fully saturated rings. The lowest BCUT2D eigenvalue weighted by Gasteiger charge is -2.27. The van der Waals surface area contributed by atoms with Crippen molar-refractivity contribution in [3.05, 3.63) is 82.1 Å². The van der Waals surface area contributed by atoms with Crippen molar-refractivity contribution in [3.8, 4) is 0 Å². The number of alkyl halides is 2. The minimum atomic E-state index is -2.56. The number of benzene rings is 3. The van der Waals surface area contributed by atoms with Crippen LogP contribution in [0.25, 0.3) is 0 Å². The van der Waals surface area contributed by atoms with Crippen LogP contribution in [0.15, 0.2) is 59.6 Å². The van der Waals surface area contributed by atoms with Crippen molar-refractivity contribution in [2.75, 3.05) is 55.3 Å². The quantitative estimate of drug-likeness (QED) is 0.141. The van der Waals surface area contributed by atoms with Crippen LogP contribution in [0.2, 0.25) is 5.02 Å². The predicted molar refractivity (Wildman–Crippen MR) is 207 cm³/mol. The number of halogens is 4. The third-order valence-corrected chi connectivity index (χ3v) is 10.1. The van der Waals surface area contributed by atoms with Crippen LogP contribution in [0.1, 0.15) is 71.2 Å². The number of nitrogens with one attached hydrogen (secondary N) is 4. The maximum Gasteiger partial charge on any atom is 0.317 e. The summed E-state index contributed by atoms with van der Waals surface area (Å²) in [5.41, 5.74) is 3.03. The van der Waals surface area contributed by atoms with Gasteiger partial charge in [-0.1, -0.05) is 17.7 Å². The number of rotatable bonds is 10. The minimum absolute atomic E-state index is 0.00854. The third kappa shape index (κ3) is 8.91. The molecule has 3 aromatic rings. The van der Waals surface area contributed by atoms with E-state index in [1.54, 1.807) is 43.4 Å². The van der Waals surface area contributed by atoms with Crippen LogP contribution < -0.4 is 26.2 Å². The van der Waals surface area contributed by atoms with Gasteiger partial charge in [0.15, 0.2) is 0 Å². The predicted octanol–water partition coefficient (Wildman–Crippen LogP) is 6.16. The summed E-state index contributed by atoms with van der Waals surface area (Å²) in [6.07, 6.45) is 2.40. The van der Waals surface area contributed by atoms with Crippen LogP contribution in [-0.2, 0) is 9.59 Å². The van der Waals surface area contributed by atoms with E-state index < -0.39 is 48.5 Å². The maximum atomic E-state index is 13.6. The molecule has 4 aliphatic heterocycles. The van der Waals surface area contributed by atoms with Gasteiger partial charge in [-0.15, -0.1) is 0 Å². The number of aliphatic imine (C=N–C) groups is 1. The monoisotopic (exact) mass is 794 g/mol.